The zero-order valence-corrected chi connectivity index (χ0v) is 9.55. The van der Waals surface area contributed by atoms with Crippen LogP contribution in [0.25, 0.3) is 11.5 Å². The van der Waals surface area contributed by atoms with Gasteiger partial charge < -0.3 is 14.7 Å². The summed E-state index contributed by atoms with van der Waals surface area (Å²) in [6.45, 7) is 4.93. The Bertz CT molecular complexity index is 479. The third-order valence-corrected chi connectivity index (χ3v) is 2.81. The third kappa shape index (κ3) is 2.01. The second kappa shape index (κ2) is 4.17. The largest absolute Gasteiger partial charge is 0.364 e. The van der Waals surface area contributed by atoms with Crippen LogP contribution in [0.2, 0.25) is 0 Å². The molecule has 1 fully saturated rings. The van der Waals surface area contributed by atoms with E-state index in [0.29, 0.717) is 17.6 Å². The minimum atomic E-state index is 0.456. The Morgan fingerprint density at radius 3 is 3.24 bits per heavy atom. The lowest BCUT2D eigenvalue weighted by atomic mass is 10.2. The van der Waals surface area contributed by atoms with Gasteiger partial charge in [-0.2, -0.15) is 4.98 Å². The van der Waals surface area contributed by atoms with E-state index in [-0.39, 0.29) is 0 Å². The van der Waals surface area contributed by atoms with Gasteiger partial charge in [0.1, 0.15) is 6.26 Å². The van der Waals surface area contributed by atoms with E-state index in [9.17, 15) is 0 Å². The molecular weight excluding hydrogens is 220 g/mol. The average molecular weight is 234 g/mol. The van der Waals surface area contributed by atoms with Crippen LogP contribution in [0.4, 0.5) is 5.95 Å². The summed E-state index contributed by atoms with van der Waals surface area (Å²) in [5.41, 5.74) is 0.673. The topological polar surface area (TPSA) is 82.9 Å². The van der Waals surface area contributed by atoms with Crippen LogP contribution in [0, 0.1) is 0 Å². The monoisotopic (exact) mass is 234 g/mol. The Morgan fingerprint density at radius 1 is 1.53 bits per heavy atom. The van der Waals surface area contributed by atoms with Crippen LogP contribution in [0.15, 0.2) is 16.9 Å². The second-order valence-corrected chi connectivity index (χ2v) is 4.17. The molecule has 1 aliphatic rings. The van der Waals surface area contributed by atoms with E-state index in [1.54, 1.807) is 6.07 Å². The normalized spacial score (nSPS) is 20.8. The molecule has 0 aliphatic carbocycles. The first-order valence-corrected chi connectivity index (χ1v) is 5.64. The zero-order chi connectivity index (χ0) is 11.7. The SMILES string of the molecule is C[C@H]1CN(c2n[nH]c(-c3ccon3)n2)CCN1. The van der Waals surface area contributed by atoms with Crippen molar-refractivity contribution in [3.63, 3.8) is 0 Å². The molecule has 0 radical (unpaired) electrons. The molecular formula is C10H14N6O. The Balaban J connectivity index is 1.80. The molecule has 1 atom stereocenters. The van der Waals surface area contributed by atoms with Crippen LogP contribution >= 0.6 is 0 Å². The highest BCUT2D eigenvalue weighted by Gasteiger charge is 2.19. The molecule has 0 amide bonds. The number of nitrogens with zero attached hydrogens (tertiary/aromatic N) is 4. The summed E-state index contributed by atoms with van der Waals surface area (Å²) < 4.78 is 4.78. The number of anilines is 1. The van der Waals surface area contributed by atoms with E-state index in [1.807, 2.05) is 0 Å². The van der Waals surface area contributed by atoms with E-state index in [4.69, 9.17) is 4.52 Å². The van der Waals surface area contributed by atoms with Gasteiger partial charge in [0.25, 0.3) is 0 Å². The third-order valence-electron chi connectivity index (χ3n) is 2.81. The fraction of sp³-hybridized carbons (Fsp3) is 0.500. The van der Waals surface area contributed by atoms with Crippen molar-refractivity contribution >= 4 is 5.95 Å². The lowest BCUT2D eigenvalue weighted by molar-refractivity contribution is 0.422. The molecule has 0 spiro atoms. The molecule has 17 heavy (non-hydrogen) atoms. The van der Waals surface area contributed by atoms with Gasteiger partial charge in [-0.15, -0.1) is 5.10 Å². The Labute approximate surface area is 98.2 Å². The molecule has 0 saturated carbocycles. The molecule has 3 rings (SSSR count). The number of rotatable bonds is 2. The van der Waals surface area contributed by atoms with Crippen LogP contribution in [-0.2, 0) is 0 Å². The molecule has 7 heteroatoms. The van der Waals surface area contributed by atoms with Crippen molar-refractivity contribution in [3.05, 3.63) is 12.3 Å². The predicted octanol–water partition coefficient (Wildman–Crippen LogP) is 0.258. The Kier molecular flexibility index (Phi) is 2.52. The molecule has 2 aromatic heterocycles. The standard InChI is InChI=1S/C10H14N6O/c1-7-6-16(4-3-11-7)10-12-9(13-14-10)8-2-5-17-15-8/h2,5,7,11H,3-4,6H2,1H3,(H,12,13,14)/t7-/m0/s1. The fourth-order valence-corrected chi connectivity index (χ4v) is 1.96. The van der Waals surface area contributed by atoms with E-state index < -0.39 is 0 Å². The molecule has 90 valence electrons. The molecule has 3 heterocycles. The summed E-state index contributed by atoms with van der Waals surface area (Å²) in [5.74, 6) is 1.36. The highest BCUT2D eigenvalue weighted by Crippen LogP contribution is 2.16. The first-order chi connectivity index (χ1) is 8.33. The van der Waals surface area contributed by atoms with Crippen LogP contribution in [-0.4, -0.2) is 46.0 Å². The van der Waals surface area contributed by atoms with Gasteiger partial charge in [0.15, 0.2) is 11.5 Å². The van der Waals surface area contributed by atoms with Crippen LogP contribution in [0.5, 0.6) is 0 Å². The van der Waals surface area contributed by atoms with Gasteiger partial charge in [-0.25, -0.2) is 0 Å². The number of nitrogens with one attached hydrogen (secondary N) is 2. The first kappa shape index (κ1) is 10.3. The van der Waals surface area contributed by atoms with Crippen LogP contribution < -0.4 is 10.2 Å². The summed E-state index contributed by atoms with van der Waals surface area (Å²) in [4.78, 5) is 6.57. The van der Waals surface area contributed by atoms with Crippen molar-refractivity contribution in [1.29, 1.82) is 0 Å². The quantitative estimate of drug-likeness (QED) is 0.775. The van der Waals surface area contributed by atoms with E-state index in [1.165, 1.54) is 6.26 Å². The van der Waals surface area contributed by atoms with Gasteiger partial charge in [0, 0.05) is 31.7 Å². The summed E-state index contributed by atoms with van der Waals surface area (Å²) in [6, 6.07) is 2.21. The second-order valence-electron chi connectivity index (χ2n) is 4.17. The summed E-state index contributed by atoms with van der Waals surface area (Å²) in [5, 5.41) is 14.3. The maximum Gasteiger partial charge on any atom is 0.245 e. The zero-order valence-electron chi connectivity index (χ0n) is 9.55. The number of aromatic nitrogens is 4. The van der Waals surface area contributed by atoms with Gasteiger partial charge in [0.2, 0.25) is 5.95 Å². The highest BCUT2D eigenvalue weighted by atomic mass is 16.5. The van der Waals surface area contributed by atoms with Gasteiger partial charge >= 0.3 is 0 Å². The fourth-order valence-electron chi connectivity index (χ4n) is 1.96. The number of H-pyrrole nitrogens is 1. The predicted molar refractivity (Wildman–Crippen MR) is 61.6 cm³/mol. The smallest absolute Gasteiger partial charge is 0.245 e. The summed E-state index contributed by atoms with van der Waals surface area (Å²) >= 11 is 0. The number of hydrogen-bond donors (Lipinski definition) is 2. The first-order valence-electron chi connectivity index (χ1n) is 5.64. The number of hydrogen-bond acceptors (Lipinski definition) is 6. The van der Waals surface area contributed by atoms with Crippen LogP contribution in [0.1, 0.15) is 6.92 Å². The average Bonchev–Trinajstić information content (AvgIpc) is 3.00. The van der Waals surface area contributed by atoms with E-state index in [2.05, 4.69) is 37.5 Å². The van der Waals surface area contributed by atoms with Gasteiger partial charge in [-0.1, -0.05) is 5.16 Å². The van der Waals surface area contributed by atoms with Crippen molar-refractivity contribution in [2.24, 2.45) is 0 Å². The minimum absolute atomic E-state index is 0.456. The Hall–Kier alpha value is -1.89. The van der Waals surface area contributed by atoms with Crippen molar-refractivity contribution in [2.45, 2.75) is 13.0 Å². The summed E-state index contributed by atoms with van der Waals surface area (Å²) in [7, 11) is 0. The summed E-state index contributed by atoms with van der Waals surface area (Å²) in [6.07, 6.45) is 1.52. The van der Waals surface area contributed by atoms with Crippen LogP contribution in [0.3, 0.4) is 0 Å². The molecule has 2 N–H and O–H groups in total. The minimum Gasteiger partial charge on any atom is -0.364 e. The molecule has 0 aromatic carbocycles. The van der Waals surface area contributed by atoms with Crippen molar-refractivity contribution in [2.75, 3.05) is 24.5 Å². The molecule has 2 aromatic rings. The van der Waals surface area contributed by atoms with Gasteiger partial charge in [0.05, 0.1) is 0 Å². The molecule has 1 saturated heterocycles. The Morgan fingerprint density at radius 2 is 2.47 bits per heavy atom. The van der Waals surface area contributed by atoms with E-state index in [0.717, 1.165) is 25.6 Å². The van der Waals surface area contributed by atoms with Crippen molar-refractivity contribution in [3.8, 4) is 11.5 Å². The van der Waals surface area contributed by atoms with E-state index >= 15 is 0 Å². The number of aromatic amines is 1. The molecule has 0 unspecified atom stereocenters. The maximum absolute atomic E-state index is 4.78. The lowest BCUT2D eigenvalue weighted by Gasteiger charge is -2.30. The lowest BCUT2D eigenvalue weighted by Crippen LogP contribution is -2.49. The van der Waals surface area contributed by atoms with Crippen molar-refractivity contribution in [1.82, 2.24) is 25.7 Å². The van der Waals surface area contributed by atoms with Gasteiger partial charge in [-0.3, -0.25) is 5.10 Å². The van der Waals surface area contributed by atoms with Crippen molar-refractivity contribution < 1.29 is 4.52 Å². The maximum atomic E-state index is 4.78. The molecule has 1 aliphatic heterocycles. The number of piperazine rings is 1. The van der Waals surface area contributed by atoms with Gasteiger partial charge in [-0.05, 0) is 6.92 Å². The highest BCUT2D eigenvalue weighted by molar-refractivity contribution is 5.49. The molecule has 7 nitrogen and oxygen atoms in total. The molecule has 0 bridgehead atoms.